The Morgan fingerprint density at radius 2 is 1.81 bits per heavy atom. The van der Waals surface area contributed by atoms with Gasteiger partial charge in [-0.05, 0) is 31.1 Å². The first-order valence-electron chi connectivity index (χ1n) is 11.1. The van der Waals surface area contributed by atoms with Gasteiger partial charge in [-0.25, -0.2) is 19.9 Å². The van der Waals surface area contributed by atoms with Crippen LogP contribution in [0.15, 0.2) is 30.9 Å². The molecular weight excluding hydrogens is 533 g/mol. The fourth-order valence-electron chi connectivity index (χ4n) is 3.51. The molecular formula is C23H20ClF3N6O3S. The molecule has 1 amide bonds. The van der Waals surface area contributed by atoms with Gasteiger partial charge in [-0.1, -0.05) is 18.5 Å². The SMILES string of the molecule is C[C@@H](CC(=O)c1cc(C(=O)CC2CNC2)ncn1)c1ncc(C(=O)Nc2cc(C(F)(F)F)c(Cl)cn2)s1. The van der Waals surface area contributed by atoms with Crippen LogP contribution in [0.5, 0.6) is 0 Å². The third-order valence-corrected chi connectivity index (χ3v) is 7.17. The molecule has 194 valence electrons. The lowest BCUT2D eigenvalue weighted by molar-refractivity contribution is -0.137. The molecule has 1 aliphatic rings. The van der Waals surface area contributed by atoms with Gasteiger partial charge in [-0.3, -0.25) is 14.4 Å². The summed E-state index contributed by atoms with van der Waals surface area (Å²) < 4.78 is 39.1. The molecule has 3 aromatic rings. The summed E-state index contributed by atoms with van der Waals surface area (Å²) in [5.41, 5.74) is -0.817. The van der Waals surface area contributed by atoms with Gasteiger partial charge in [0.25, 0.3) is 5.91 Å². The first-order valence-corrected chi connectivity index (χ1v) is 12.3. The van der Waals surface area contributed by atoms with Crippen LogP contribution in [0.25, 0.3) is 0 Å². The number of alkyl halides is 3. The quantitative estimate of drug-likeness (QED) is 0.373. The van der Waals surface area contributed by atoms with Crippen molar-refractivity contribution in [3.8, 4) is 0 Å². The number of nitrogens with one attached hydrogen (secondary N) is 2. The van der Waals surface area contributed by atoms with Gasteiger partial charge in [0, 0.05) is 25.0 Å². The molecule has 0 radical (unpaired) electrons. The molecule has 37 heavy (non-hydrogen) atoms. The lowest BCUT2D eigenvalue weighted by Gasteiger charge is -2.26. The number of rotatable bonds is 9. The maximum absolute atomic E-state index is 13.0. The van der Waals surface area contributed by atoms with E-state index in [0.29, 0.717) is 17.5 Å². The van der Waals surface area contributed by atoms with E-state index >= 15 is 0 Å². The molecule has 0 unspecified atom stereocenters. The van der Waals surface area contributed by atoms with E-state index < -0.39 is 22.7 Å². The summed E-state index contributed by atoms with van der Waals surface area (Å²) in [5, 5.41) is 5.28. The zero-order valence-electron chi connectivity index (χ0n) is 19.3. The predicted molar refractivity (Wildman–Crippen MR) is 129 cm³/mol. The number of hydrogen-bond acceptors (Lipinski definition) is 9. The van der Waals surface area contributed by atoms with Crippen LogP contribution in [0, 0.1) is 5.92 Å². The van der Waals surface area contributed by atoms with Gasteiger partial charge >= 0.3 is 6.18 Å². The van der Waals surface area contributed by atoms with E-state index in [1.807, 2.05) is 0 Å². The van der Waals surface area contributed by atoms with Gasteiger partial charge in [0.05, 0.1) is 21.8 Å². The second kappa shape index (κ2) is 11.0. The van der Waals surface area contributed by atoms with Crippen LogP contribution < -0.4 is 10.6 Å². The van der Waals surface area contributed by atoms with Gasteiger partial charge in [0.2, 0.25) is 0 Å². The molecule has 3 aromatic heterocycles. The highest BCUT2D eigenvalue weighted by atomic mass is 35.5. The molecule has 1 aliphatic heterocycles. The molecule has 0 saturated carbocycles. The van der Waals surface area contributed by atoms with Gasteiger partial charge in [0.15, 0.2) is 11.6 Å². The van der Waals surface area contributed by atoms with Crippen LogP contribution >= 0.6 is 22.9 Å². The number of halogens is 4. The summed E-state index contributed by atoms with van der Waals surface area (Å²) in [6.45, 7) is 3.29. The number of aromatic nitrogens is 4. The first kappa shape index (κ1) is 26.8. The second-order valence-corrected chi connectivity index (χ2v) is 10.0. The number of ketones is 2. The number of carbonyl (C=O) groups excluding carboxylic acids is 3. The number of carbonyl (C=O) groups is 3. The Hall–Kier alpha value is -3.29. The number of nitrogens with zero attached hydrogens (tertiary/aromatic N) is 4. The molecule has 0 bridgehead atoms. The minimum Gasteiger partial charge on any atom is -0.316 e. The standard InChI is InChI=1S/C23H20ClF3N6O3S/c1-11(2-17(34)15-5-16(32-10-31-15)18(35)3-12-6-28-7-12)22-30-9-19(37-22)21(36)33-20-4-13(23(25,26)27)14(24)8-29-20/h4-5,8-12,28H,2-3,6-7H2,1H3,(H,29,33,36)/t11-/m0/s1. The van der Waals surface area contributed by atoms with E-state index in [4.69, 9.17) is 11.6 Å². The van der Waals surface area contributed by atoms with Gasteiger partial charge in [0.1, 0.15) is 28.4 Å². The molecule has 9 nitrogen and oxygen atoms in total. The normalized spacial score (nSPS) is 14.6. The Morgan fingerprint density at radius 3 is 2.46 bits per heavy atom. The topological polar surface area (TPSA) is 127 Å². The molecule has 1 atom stereocenters. The fraction of sp³-hybridized carbons (Fsp3) is 0.348. The van der Waals surface area contributed by atoms with Crippen LogP contribution in [0.4, 0.5) is 19.0 Å². The molecule has 1 saturated heterocycles. The van der Waals surface area contributed by atoms with E-state index in [-0.39, 0.29) is 51.9 Å². The highest BCUT2D eigenvalue weighted by Gasteiger charge is 2.34. The van der Waals surface area contributed by atoms with E-state index in [1.54, 1.807) is 6.92 Å². The van der Waals surface area contributed by atoms with E-state index in [9.17, 15) is 27.6 Å². The largest absolute Gasteiger partial charge is 0.418 e. The van der Waals surface area contributed by atoms with Gasteiger partial charge in [-0.2, -0.15) is 13.2 Å². The highest BCUT2D eigenvalue weighted by molar-refractivity contribution is 7.13. The van der Waals surface area contributed by atoms with Crippen LogP contribution in [0.1, 0.15) is 66.9 Å². The summed E-state index contributed by atoms with van der Waals surface area (Å²) in [7, 11) is 0. The number of hydrogen-bond donors (Lipinski definition) is 2. The summed E-state index contributed by atoms with van der Waals surface area (Å²) in [5.74, 6) is -1.61. The van der Waals surface area contributed by atoms with Crippen molar-refractivity contribution in [2.75, 3.05) is 18.4 Å². The zero-order chi connectivity index (χ0) is 26.7. The van der Waals surface area contributed by atoms with Crippen LogP contribution in [0.3, 0.4) is 0 Å². The molecule has 4 rings (SSSR count). The van der Waals surface area contributed by atoms with E-state index in [1.165, 1.54) is 18.6 Å². The molecule has 1 fully saturated rings. The second-order valence-electron chi connectivity index (χ2n) is 8.53. The lowest BCUT2D eigenvalue weighted by atomic mass is 9.95. The fourth-order valence-corrected chi connectivity index (χ4v) is 4.59. The minimum atomic E-state index is -4.70. The minimum absolute atomic E-state index is 0.0133. The predicted octanol–water partition coefficient (Wildman–Crippen LogP) is 4.42. The maximum atomic E-state index is 13.0. The monoisotopic (exact) mass is 552 g/mol. The van der Waals surface area contributed by atoms with Crippen molar-refractivity contribution < 1.29 is 27.6 Å². The third-order valence-electron chi connectivity index (χ3n) is 5.64. The molecule has 0 aromatic carbocycles. The Bertz CT molecular complexity index is 1350. The van der Waals surface area contributed by atoms with Crippen LogP contribution in [-0.2, 0) is 6.18 Å². The maximum Gasteiger partial charge on any atom is 0.418 e. The average molecular weight is 553 g/mol. The van der Waals surface area contributed by atoms with Gasteiger partial charge in [-0.15, -0.1) is 11.3 Å². The zero-order valence-corrected chi connectivity index (χ0v) is 20.9. The molecule has 4 heterocycles. The number of amides is 1. The van der Waals surface area contributed by atoms with Crippen molar-refractivity contribution in [3.63, 3.8) is 0 Å². The number of pyridine rings is 1. The van der Waals surface area contributed by atoms with Crippen molar-refractivity contribution in [1.82, 2.24) is 25.3 Å². The summed E-state index contributed by atoms with van der Waals surface area (Å²) in [6, 6.07) is 2.03. The molecule has 0 spiro atoms. The number of thiazole rings is 1. The average Bonchev–Trinajstić information content (AvgIpc) is 3.32. The van der Waals surface area contributed by atoms with Crippen molar-refractivity contribution in [2.45, 2.75) is 31.9 Å². The summed E-state index contributed by atoms with van der Waals surface area (Å²) in [4.78, 5) is 53.7. The van der Waals surface area contributed by atoms with E-state index in [0.717, 1.165) is 30.6 Å². The van der Waals surface area contributed by atoms with Crippen LogP contribution in [0.2, 0.25) is 5.02 Å². The summed E-state index contributed by atoms with van der Waals surface area (Å²) in [6.07, 6.45) is -1.08. The number of Topliss-reactive ketones (excluding diaryl/α,β-unsaturated/α-hetero) is 2. The van der Waals surface area contributed by atoms with Crippen molar-refractivity contribution in [3.05, 3.63) is 62.7 Å². The Morgan fingerprint density at radius 1 is 1.11 bits per heavy atom. The van der Waals surface area contributed by atoms with E-state index in [2.05, 4.69) is 30.6 Å². The van der Waals surface area contributed by atoms with Crippen LogP contribution in [-0.4, -0.2) is 50.5 Å². The van der Waals surface area contributed by atoms with Gasteiger partial charge < -0.3 is 10.6 Å². The molecule has 14 heteroatoms. The van der Waals surface area contributed by atoms with Crippen molar-refractivity contribution in [1.29, 1.82) is 0 Å². The Labute approximate surface area is 217 Å². The smallest absolute Gasteiger partial charge is 0.316 e. The highest BCUT2D eigenvalue weighted by Crippen LogP contribution is 2.35. The van der Waals surface area contributed by atoms with Crippen molar-refractivity contribution >= 4 is 46.2 Å². The third kappa shape index (κ3) is 6.53. The Kier molecular flexibility index (Phi) is 7.95. The lowest BCUT2D eigenvalue weighted by Crippen LogP contribution is -2.43. The molecule has 0 aliphatic carbocycles. The summed E-state index contributed by atoms with van der Waals surface area (Å²) >= 11 is 6.55. The Balaban J connectivity index is 1.38. The molecule has 2 N–H and O–H groups in total. The first-order chi connectivity index (χ1) is 17.5. The number of anilines is 1. The van der Waals surface area contributed by atoms with Crippen molar-refractivity contribution in [2.24, 2.45) is 5.92 Å².